The van der Waals surface area contributed by atoms with Crippen LogP contribution in [0.2, 0.25) is 0 Å². The summed E-state index contributed by atoms with van der Waals surface area (Å²) in [6.45, 7) is 6.66. The fourth-order valence-electron chi connectivity index (χ4n) is 3.76. The lowest BCUT2D eigenvalue weighted by Gasteiger charge is -2.30. The van der Waals surface area contributed by atoms with Crippen molar-refractivity contribution < 1.29 is 36.4 Å². The van der Waals surface area contributed by atoms with Gasteiger partial charge in [0.15, 0.2) is 0 Å². The minimum atomic E-state index is -4.44. The topological polar surface area (TPSA) is 80.1 Å². The van der Waals surface area contributed by atoms with Gasteiger partial charge in [0, 0.05) is 44.0 Å². The number of anilines is 1. The van der Waals surface area contributed by atoms with Crippen molar-refractivity contribution in [3.63, 3.8) is 0 Å². The van der Waals surface area contributed by atoms with E-state index < -0.39 is 29.7 Å². The van der Waals surface area contributed by atoms with Gasteiger partial charge in [-0.15, -0.1) is 8.78 Å². The number of fused-ring (bicyclic) bond motifs is 1. The highest BCUT2D eigenvalue weighted by atomic mass is 19.3. The maximum absolute atomic E-state index is 14.0. The first kappa shape index (κ1) is 22.3. The molecule has 12 heteroatoms. The van der Waals surface area contributed by atoms with Crippen molar-refractivity contribution in [2.75, 3.05) is 31.5 Å². The number of rotatable bonds is 3. The molecule has 0 bridgehead atoms. The van der Waals surface area contributed by atoms with Crippen LogP contribution in [0.3, 0.4) is 0 Å². The SMILES string of the molecule is Cc1noc(C)c1CN1CCCN(C(=O)Nc2ccc3c(c2)C(F)(F)OC(F)(F)O3)CC1. The number of hydrogen-bond donors (Lipinski definition) is 1. The number of carbonyl (C=O) groups excluding carboxylic acids is 1. The zero-order valence-corrected chi connectivity index (χ0v) is 17.5. The van der Waals surface area contributed by atoms with E-state index in [0.29, 0.717) is 26.2 Å². The summed E-state index contributed by atoms with van der Waals surface area (Å²) in [6, 6.07) is 2.55. The number of aromatic nitrogens is 1. The molecule has 4 rings (SSSR count). The summed E-state index contributed by atoms with van der Waals surface area (Å²) in [4.78, 5) is 16.5. The Kier molecular flexibility index (Phi) is 5.76. The number of amides is 2. The first-order valence-corrected chi connectivity index (χ1v) is 10.0. The van der Waals surface area contributed by atoms with E-state index in [1.165, 1.54) is 6.07 Å². The molecule has 2 aliphatic heterocycles. The molecular weight excluding hydrogens is 436 g/mol. The van der Waals surface area contributed by atoms with Crippen molar-refractivity contribution in [2.24, 2.45) is 0 Å². The van der Waals surface area contributed by atoms with E-state index in [2.05, 4.69) is 24.8 Å². The number of urea groups is 1. The van der Waals surface area contributed by atoms with Crippen molar-refractivity contribution >= 4 is 11.7 Å². The minimum absolute atomic E-state index is 0.0164. The molecule has 1 aromatic heterocycles. The Labute approximate surface area is 181 Å². The first-order chi connectivity index (χ1) is 15.0. The second kappa shape index (κ2) is 8.24. The summed E-state index contributed by atoms with van der Waals surface area (Å²) >= 11 is 0. The van der Waals surface area contributed by atoms with Gasteiger partial charge in [0.1, 0.15) is 11.5 Å². The molecule has 2 amide bonds. The molecule has 1 N–H and O–H groups in total. The van der Waals surface area contributed by atoms with E-state index in [0.717, 1.165) is 42.1 Å². The predicted molar refractivity (Wildman–Crippen MR) is 103 cm³/mol. The second-order valence-electron chi connectivity index (χ2n) is 7.74. The van der Waals surface area contributed by atoms with Crippen molar-refractivity contribution in [2.45, 2.75) is 39.2 Å². The van der Waals surface area contributed by atoms with Gasteiger partial charge in [0.05, 0.1) is 11.3 Å². The standard InChI is InChI=1S/C20H22F4N4O4/c1-12-15(13(2)31-26-12)11-27-6-3-7-28(9-8-27)18(29)25-14-4-5-17-16(10-14)19(21,22)32-20(23,24)30-17/h4-5,10H,3,6-9,11H2,1-2H3,(H,25,29). The van der Waals surface area contributed by atoms with Crippen LogP contribution in [-0.4, -0.2) is 53.5 Å². The molecule has 0 aliphatic carbocycles. The number of halogens is 4. The van der Waals surface area contributed by atoms with Crippen LogP contribution in [0.15, 0.2) is 22.7 Å². The van der Waals surface area contributed by atoms with E-state index in [1.54, 1.807) is 4.90 Å². The molecule has 174 valence electrons. The fraction of sp³-hybridized carbons (Fsp3) is 0.500. The van der Waals surface area contributed by atoms with Crippen LogP contribution < -0.4 is 10.1 Å². The van der Waals surface area contributed by atoms with Crippen molar-refractivity contribution in [3.8, 4) is 5.75 Å². The third-order valence-corrected chi connectivity index (χ3v) is 5.46. The molecule has 32 heavy (non-hydrogen) atoms. The van der Waals surface area contributed by atoms with Gasteiger partial charge in [0.25, 0.3) is 0 Å². The molecule has 0 unspecified atom stereocenters. The van der Waals surface area contributed by atoms with Crippen LogP contribution >= 0.6 is 0 Å². The number of nitrogens with zero attached hydrogens (tertiary/aromatic N) is 3. The zero-order valence-electron chi connectivity index (χ0n) is 17.5. The first-order valence-electron chi connectivity index (χ1n) is 10.0. The average molecular weight is 458 g/mol. The van der Waals surface area contributed by atoms with E-state index in [4.69, 9.17) is 4.52 Å². The largest absolute Gasteiger partial charge is 0.540 e. The van der Waals surface area contributed by atoms with Crippen LogP contribution in [0.4, 0.5) is 28.0 Å². The molecule has 3 heterocycles. The summed E-state index contributed by atoms with van der Waals surface area (Å²) in [6.07, 6.45) is -7.99. The predicted octanol–water partition coefficient (Wildman–Crippen LogP) is 4.04. The summed E-state index contributed by atoms with van der Waals surface area (Å²) in [5.74, 6) is 0.0465. The molecule has 1 aromatic carbocycles. The maximum Gasteiger partial charge on any atom is 0.540 e. The summed E-state index contributed by atoms with van der Waals surface area (Å²) in [7, 11) is 0. The lowest BCUT2D eigenvalue weighted by atomic mass is 10.1. The van der Waals surface area contributed by atoms with Crippen LogP contribution in [0, 0.1) is 13.8 Å². The third-order valence-electron chi connectivity index (χ3n) is 5.46. The van der Waals surface area contributed by atoms with E-state index >= 15 is 0 Å². The lowest BCUT2D eigenvalue weighted by Crippen LogP contribution is -2.41. The number of benzene rings is 1. The van der Waals surface area contributed by atoms with Gasteiger partial charge >= 0.3 is 18.4 Å². The van der Waals surface area contributed by atoms with Crippen molar-refractivity contribution in [1.29, 1.82) is 0 Å². The molecule has 2 aliphatic rings. The normalized spacial score (nSPS) is 20.2. The summed E-state index contributed by atoms with van der Waals surface area (Å²) in [5.41, 5.74) is 0.981. The molecule has 0 radical (unpaired) electrons. The Bertz CT molecular complexity index is 994. The van der Waals surface area contributed by atoms with E-state index in [9.17, 15) is 22.4 Å². The van der Waals surface area contributed by atoms with Crippen molar-refractivity contribution in [3.05, 3.63) is 40.8 Å². The second-order valence-corrected chi connectivity index (χ2v) is 7.74. The van der Waals surface area contributed by atoms with Gasteiger partial charge in [-0.1, -0.05) is 5.16 Å². The van der Waals surface area contributed by atoms with E-state index in [1.807, 2.05) is 13.8 Å². The van der Waals surface area contributed by atoms with Crippen LogP contribution in [-0.2, 0) is 17.4 Å². The smallest absolute Gasteiger partial charge is 0.409 e. The Morgan fingerprint density at radius 2 is 1.94 bits per heavy atom. The molecule has 8 nitrogen and oxygen atoms in total. The quantitative estimate of drug-likeness (QED) is 0.700. The third kappa shape index (κ3) is 4.65. The Morgan fingerprint density at radius 3 is 2.66 bits per heavy atom. The molecule has 1 saturated heterocycles. The number of hydrogen-bond acceptors (Lipinski definition) is 6. The Morgan fingerprint density at radius 1 is 1.16 bits per heavy atom. The van der Waals surface area contributed by atoms with Crippen molar-refractivity contribution in [1.82, 2.24) is 15.0 Å². The van der Waals surface area contributed by atoms with Gasteiger partial charge in [-0.2, -0.15) is 8.78 Å². The molecule has 0 spiro atoms. The highest BCUT2D eigenvalue weighted by Gasteiger charge is 2.54. The van der Waals surface area contributed by atoms with Gasteiger partial charge in [-0.05, 0) is 38.5 Å². The van der Waals surface area contributed by atoms with Gasteiger partial charge < -0.3 is 19.5 Å². The fourth-order valence-corrected chi connectivity index (χ4v) is 3.76. The highest BCUT2D eigenvalue weighted by Crippen LogP contribution is 2.46. The Hall–Kier alpha value is -2.86. The maximum atomic E-state index is 14.0. The lowest BCUT2D eigenvalue weighted by molar-refractivity contribution is -0.461. The average Bonchev–Trinajstić information content (AvgIpc) is 2.89. The number of carbonyl (C=O) groups is 1. The number of ether oxygens (including phenoxy) is 2. The zero-order chi connectivity index (χ0) is 23.1. The van der Waals surface area contributed by atoms with Gasteiger partial charge in [0.2, 0.25) is 0 Å². The molecular formula is C20H22F4N4O4. The highest BCUT2D eigenvalue weighted by molar-refractivity contribution is 5.89. The van der Waals surface area contributed by atoms with Crippen LogP contribution in [0.25, 0.3) is 0 Å². The number of nitrogens with one attached hydrogen (secondary N) is 1. The summed E-state index contributed by atoms with van der Waals surface area (Å²) in [5, 5.41) is 6.49. The van der Waals surface area contributed by atoms with E-state index in [-0.39, 0.29) is 5.69 Å². The van der Waals surface area contributed by atoms with Crippen LogP contribution in [0.5, 0.6) is 5.75 Å². The number of aryl methyl sites for hydroxylation is 2. The summed E-state index contributed by atoms with van der Waals surface area (Å²) < 4.78 is 67.0. The molecule has 1 fully saturated rings. The minimum Gasteiger partial charge on any atom is -0.409 e. The molecule has 2 aromatic rings. The molecule has 0 atom stereocenters. The van der Waals surface area contributed by atoms with Gasteiger partial charge in [-0.3, -0.25) is 4.90 Å². The molecule has 0 saturated carbocycles. The van der Waals surface area contributed by atoms with Crippen LogP contribution in [0.1, 0.15) is 29.0 Å². The van der Waals surface area contributed by atoms with Gasteiger partial charge in [-0.25, -0.2) is 9.53 Å². The monoisotopic (exact) mass is 458 g/mol. The number of alkyl halides is 4. The Balaban J connectivity index is 1.39.